The monoisotopic (exact) mass is 456 g/mol. The van der Waals surface area contributed by atoms with Gasteiger partial charge in [0.15, 0.2) is 0 Å². The number of carbonyl (C=O) groups is 2. The summed E-state index contributed by atoms with van der Waals surface area (Å²) in [5, 5.41) is 10.7. The molecule has 3 rings (SSSR count). The summed E-state index contributed by atoms with van der Waals surface area (Å²) in [6.07, 6.45) is 0.352. The van der Waals surface area contributed by atoms with E-state index in [4.69, 9.17) is 13.7 Å². The Hall–Kier alpha value is -2.73. The molecule has 1 aliphatic carbocycles. The number of nitrogens with zero attached hydrogens (tertiary/aromatic N) is 2. The van der Waals surface area contributed by atoms with Crippen LogP contribution in [0.25, 0.3) is 0 Å². The molecule has 2 fully saturated rings. The number of likely N-dealkylation sites (tertiary alicyclic amines) is 1. The fourth-order valence-electron chi connectivity index (χ4n) is 3.86. The predicted molar refractivity (Wildman–Crippen MR) is 106 cm³/mol. The highest BCUT2D eigenvalue weighted by molar-refractivity contribution is 7.86. The lowest BCUT2D eigenvalue weighted by molar-refractivity contribution is -0.384. The van der Waals surface area contributed by atoms with Crippen LogP contribution in [0.15, 0.2) is 24.3 Å². The maximum Gasteiger partial charge on any atom is 0.410 e. The molecule has 1 amide bonds. The zero-order chi connectivity index (χ0) is 22.8. The van der Waals surface area contributed by atoms with Gasteiger partial charge in [0.2, 0.25) is 0 Å². The third-order valence-corrected chi connectivity index (χ3v) is 5.91. The van der Waals surface area contributed by atoms with Crippen molar-refractivity contribution < 1.29 is 36.6 Å². The molecule has 1 saturated carbocycles. The van der Waals surface area contributed by atoms with Gasteiger partial charge >= 0.3 is 12.1 Å². The number of hydrogen-bond acceptors (Lipinski definition) is 9. The van der Waals surface area contributed by atoms with E-state index in [0.717, 1.165) is 6.26 Å². The molecule has 1 heterocycles. The van der Waals surface area contributed by atoms with Gasteiger partial charge < -0.3 is 14.4 Å². The van der Waals surface area contributed by atoms with Crippen molar-refractivity contribution in [2.75, 3.05) is 19.4 Å². The normalized spacial score (nSPS) is 25.2. The summed E-state index contributed by atoms with van der Waals surface area (Å²) in [7, 11) is -3.72. The lowest BCUT2D eigenvalue weighted by Gasteiger charge is -2.24. The molecule has 0 spiro atoms. The number of ether oxygens (including phenoxy) is 2. The molecule has 11 nitrogen and oxygen atoms in total. The van der Waals surface area contributed by atoms with Crippen molar-refractivity contribution in [1.82, 2.24) is 4.90 Å². The van der Waals surface area contributed by atoms with Crippen molar-refractivity contribution in [3.05, 3.63) is 39.9 Å². The van der Waals surface area contributed by atoms with Crippen molar-refractivity contribution >= 4 is 27.9 Å². The van der Waals surface area contributed by atoms with Crippen molar-refractivity contribution in [1.29, 1.82) is 0 Å². The summed E-state index contributed by atoms with van der Waals surface area (Å²) in [5.41, 5.74) is 0.489. The fourth-order valence-corrected chi connectivity index (χ4v) is 4.49. The van der Waals surface area contributed by atoms with Crippen LogP contribution < -0.4 is 0 Å². The molecule has 1 aromatic rings. The largest absolute Gasteiger partial charge is 0.466 e. The molecule has 4 atom stereocenters. The minimum Gasteiger partial charge on any atom is -0.466 e. The Morgan fingerprint density at radius 3 is 2.45 bits per heavy atom. The van der Waals surface area contributed by atoms with Crippen molar-refractivity contribution in [3.63, 3.8) is 0 Å². The van der Waals surface area contributed by atoms with Gasteiger partial charge in [0.1, 0.15) is 6.61 Å². The lowest BCUT2D eigenvalue weighted by Crippen LogP contribution is -2.38. The second-order valence-electron chi connectivity index (χ2n) is 7.61. The first-order chi connectivity index (χ1) is 14.6. The van der Waals surface area contributed by atoms with E-state index in [0.29, 0.717) is 12.0 Å². The zero-order valence-electron chi connectivity index (χ0n) is 17.1. The van der Waals surface area contributed by atoms with Gasteiger partial charge in [-0.05, 0) is 43.4 Å². The third kappa shape index (κ3) is 5.91. The molecular formula is C19H24N2O9S. The van der Waals surface area contributed by atoms with Crippen LogP contribution in [0.5, 0.6) is 0 Å². The van der Waals surface area contributed by atoms with Gasteiger partial charge in [-0.2, -0.15) is 8.42 Å². The average molecular weight is 456 g/mol. The zero-order valence-corrected chi connectivity index (χ0v) is 17.9. The number of esters is 1. The molecule has 0 bridgehead atoms. The quantitative estimate of drug-likeness (QED) is 0.248. The first-order valence-corrected chi connectivity index (χ1v) is 11.6. The van der Waals surface area contributed by atoms with Crippen LogP contribution in [-0.4, -0.2) is 61.9 Å². The van der Waals surface area contributed by atoms with E-state index in [-0.39, 0.29) is 49.7 Å². The highest BCUT2D eigenvalue weighted by atomic mass is 32.2. The van der Waals surface area contributed by atoms with E-state index in [1.54, 1.807) is 6.92 Å². The van der Waals surface area contributed by atoms with Crippen molar-refractivity contribution in [2.45, 2.75) is 38.5 Å². The highest BCUT2D eigenvalue weighted by Gasteiger charge is 2.54. The Morgan fingerprint density at radius 1 is 1.19 bits per heavy atom. The number of rotatable bonds is 8. The Balaban J connectivity index is 1.65. The van der Waals surface area contributed by atoms with Gasteiger partial charge in [-0.3, -0.25) is 19.1 Å². The molecule has 170 valence electrons. The molecule has 31 heavy (non-hydrogen) atoms. The van der Waals surface area contributed by atoms with E-state index in [1.165, 1.54) is 29.2 Å². The summed E-state index contributed by atoms with van der Waals surface area (Å²) < 4.78 is 38.5. The number of amides is 1. The SMILES string of the molecule is CCOC(=O)[C@@H]1C[C@H]1[C@@H]1C[C@@H](OS(C)(=O)=O)CN1C(=O)OCc1ccc([N+](=O)[O-])cc1. The number of nitro benzene ring substituents is 1. The van der Waals surface area contributed by atoms with Crippen LogP contribution in [0.4, 0.5) is 10.5 Å². The minimum atomic E-state index is -3.72. The van der Waals surface area contributed by atoms with E-state index < -0.39 is 33.3 Å². The van der Waals surface area contributed by atoms with Crippen molar-refractivity contribution in [3.8, 4) is 0 Å². The molecule has 1 saturated heterocycles. The number of carbonyl (C=O) groups excluding carboxylic acids is 2. The maximum absolute atomic E-state index is 12.7. The predicted octanol–water partition coefficient (Wildman–Crippen LogP) is 1.85. The summed E-state index contributed by atoms with van der Waals surface area (Å²) in [6, 6.07) is 5.18. The standard InChI is InChI=1S/C19H24N2O9S/c1-3-28-18(22)16-9-15(16)17-8-14(30-31(2,26)27)10-20(17)19(23)29-11-12-4-6-13(7-5-12)21(24)25/h4-7,14-17H,3,8-11H2,1-2H3/t14-,15-,16-,17+/m1/s1. The topological polar surface area (TPSA) is 142 Å². The number of nitro groups is 1. The smallest absolute Gasteiger partial charge is 0.410 e. The van der Waals surface area contributed by atoms with Gasteiger partial charge in [-0.15, -0.1) is 0 Å². The second kappa shape index (κ2) is 9.18. The minimum absolute atomic E-state index is 0.0167. The van der Waals surface area contributed by atoms with Crippen LogP contribution in [0.3, 0.4) is 0 Å². The molecule has 0 aromatic heterocycles. The molecular weight excluding hydrogens is 432 g/mol. The number of benzene rings is 1. The molecule has 0 N–H and O–H groups in total. The van der Waals surface area contributed by atoms with Gasteiger partial charge in [-0.1, -0.05) is 0 Å². The summed E-state index contributed by atoms with van der Waals surface area (Å²) in [6.45, 7) is 1.88. The molecule has 1 aliphatic heterocycles. The van der Waals surface area contributed by atoms with Crippen LogP contribution in [0.2, 0.25) is 0 Å². The second-order valence-corrected chi connectivity index (χ2v) is 9.21. The lowest BCUT2D eigenvalue weighted by atomic mass is 10.1. The molecule has 2 aliphatic rings. The molecule has 0 radical (unpaired) electrons. The average Bonchev–Trinajstić information content (AvgIpc) is 3.39. The molecule has 0 unspecified atom stereocenters. The van der Waals surface area contributed by atoms with E-state index in [1.807, 2.05) is 0 Å². The van der Waals surface area contributed by atoms with Crippen LogP contribution in [0, 0.1) is 22.0 Å². The van der Waals surface area contributed by atoms with E-state index >= 15 is 0 Å². The highest BCUT2D eigenvalue weighted by Crippen LogP contribution is 2.47. The van der Waals surface area contributed by atoms with Gasteiger partial charge in [-0.25, -0.2) is 4.79 Å². The Bertz CT molecular complexity index is 948. The Labute approximate surface area is 179 Å². The van der Waals surface area contributed by atoms with Gasteiger partial charge in [0.05, 0.1) is 36.4 Å². The maximum atomic E-state index is 12.7. The van der Waals surface area contributed by atoms with Crippen LogP contribution in [-0.2, 0) is 35.2 Å². The Kier molecular flexibility index (Phi) is 6.80. The summed E-state index contributed by atoms with van der Waals surface area (Å²) in [5.74, 6) is -0.829. The summed E-state index contributed by atoms with van der Waals surface area (Å²) >= 11 is 0. The fraction of sp³-hybridized carbons (Fsp3) is 0.579. The Morgan fingerprint density at radius 2 is 1.87 bits per heavy atom. The number of hydrogen-bond donors (Lipinski definition) is 0. The number of non-ortho nitro benzene ring substituents is 1. The van der Waals surface area contributed by atoms with E-state index in [9.17, 15) is 28.1 Å². The van der Waals surface area contributed by atoms with Gasteiger partial charge in [0.25, 0.3) is 15.8 Å². The first-order valence-electron chi connectivity index (χ1n) is 9.80. The molecule has 12 heteroatoms. The van der Waals surface area contributed by atoms with Gasteiger partial charge in [0, 0.05) is 18.2 Å². The molecule has 1 aromatic carbocycles. The van der Waals surface area contributed by atoms with Crippen LogP contribution in [0.1, 0.15) is 25.3 Å². The van der Waals surface area contributed by atoms with E-state index in [2.05, 4.69) is 0 Å². The third-order valence-electron chi connectivity index (χ3n) is 5.28. The van der Waals surface area contributed by atoms with Crippen LogP contribution >= 0.6 is 0 Å². The first kappa shape index (κ1) is 22.9. The summed E-state index contributed by atoms with van der Waals surface area (Å²) in [4.78, 5) is 36.3. The van der Waals surface area contributed by atoms with Crippen molar-refractivity contribution in [2.24, 2.45) is 11.8 Å².